The van der Waals surface area contributed by atoms with Crippen LogP contribution in [0.5, 0.6) is 5.75 Å². The highest BCUT2D eigenvalue weighted by atomic mass is 16.6. The average Bonchev–Trinajstić information content (AvgIpc) is 2.68. The Balaban J connectivity index is 1.93. The third-order valence-electron chi connectivity index (χ3n) is 4.47. The van der Waals surface area contributed by atoms with Gasteiger partial charge in [-0.3, -0.25) is 14.4 Å². The summed E-state index contributed by atoms with van der Waals surface area (Å²) in [5.74, 6) is -1.29. The summed E-state index contributed by atoms with van der Waals surface area (Å²) in [5.41, 5.74) is 0.153. The Morgan fingerprint density at radius 3 is 2.30 bits per heavy atom. The van der Waals surface area contributed by atoms with E-state index in [1.54, 1.807) is 34.8 Å². The molecule has 0 aromatic heterocycles. The van der Waals surface area contributed by atoms with Gasteiger partial charge in [-0.25, -0.2) is 0 Å². The van der Waals surface area contributed by atoms with E-state index in [1.807, 2.05) is 36.4 Å². The molecule has 0 bridgehead atoms. The second kappa shape index (κ2) is 9.61. The van der Waals surface area contributed by atoms with Gasteiger partial charge < -0.3 is 19.1 Å². The van der Waals surface area contributed by atoms with E-state index in [0.29, 0.717) is 0 Å². The number of carbonyl (C=O) groups is 3. The van der Waals surface area contributed by atoms with Gasteiger partial charge >= 0.3 is 11.9 Å². The highest BCUT2D eigenvalue weighted by Crippen LogP contribution is 2.25. The Hall–Kier alpha value is -3.09. The minimum Gasteiger partial charge on any atom is -0.497 e. The topological polar surface area (TPSA) is 82.1 Å². The van der Waals surface area contributed by atoms with E-state index in [1.165, 1.54) is 11.9 Å². The molecule has 0 saturated carbocycles. The van der Waals surface area contributed by atoms with Crippen LogP contribution in [0.1, 0.15) is 39.2 Å². The monoisotopic (exact) mass is 415 g/mol. The van der Waals surface area contributed by atoms with Gasteiger partial charge in [0.25, 0.3) is 5.91 Å². The predicted octanol–water partition coefficient (Wildman–Crippen LogP) is 3.30. The SMILES string of the molecule is COc1ccc2cc([C@H](C)C(=O)OCC(=O)N(C)CC(=O)OC(C)(C)C)ccc2c1. The standard InChI is InChI=1S/C23H29NO6/c1-15(16-7-8-18-12-19(28-6)10-9-17(18)11-16)22(27)29-14-20(25)24(5)13-21(26)30-23(2,3)4/h7-12,15H,13-14H2,1-6H3/t15-/m0/s1. The molecule has 7 heteroatoms. The van der Waals surface area contributed by atoms with Crippen molar-refractivity contribution in [3.05, 3.63) is 42.0 Å². The van der Waals surface area contributed by atoms with Crippen molar-refractivity contribution in [2.45, 2.75) is 39.2 Å². The zero-order valence-electron chi connectivity index (χ0n) is 18.4. The average molecular weight is 415 g/mol. The van der Waals surface area contributed by atoms with Crippen LogP contribution in [0.15, 0.2) is 36.4 Å². The van der Waals surface area contributed by atoms with Crippen molar-refractivity contribution in [3.8, 4) is 5.75 Å². The van der Waals surface area contributed by atoms with Gasteiger partial charge in [-0.05, 0) is 56.2 Å². The maximum absolute atomic E-state index is 12.4. The number of methoxy groups -OCH3 is 1. The van der Waals surface area contributed by atoms with Gasteiger partial charge in [-0.1, -0.05) is 24.3 Å². The quantitative estimate of drug-likeness (QED) is 0.646. The Morgan fingerprint density at radius 2 is 1.67 bits per heavy atom. The molecule has 162 valence electrons. The zero-order valence-corrected chi connectivity index (χ0v) is 18.4. The largest absolute Gasteiger partial charge is 0.497 e. The number of hydrogen-bond acceptors (Lipinski definition) is 6. The van der Waals surface area contributed by atoms with E-state index < -0.39 is 36.0 Å². The van der Waals surface area contributed by atoms with Gasteiger partial charge in [0.2, 0.25) is 0 Å². The van der Waals surface area contributed by atoms with Crippen molar-refractivity contribution in [2.24, 2.45) is 0 Å². The summed E-state index contributed by atoms with van der Waals surface area (Å²) in [6, 6.07) is 11.4. The first-order valence-electron chi connectivity index (χ1n) is 9.70. The lowest BCUT2D eigenvalue weighted by Gasteiger charge is -2.22. The van der Waals surface area contributed by atoms with Crippen LogP contribution < -0.4 is 4.74 Å². The van der Waals surface area contributed by atoms with Crippen LogP contribution in [-0.4, -0.2) is 55.7 Å². The van der Waals surface area contributed by atoms with Crippen molar-refractivity contribution in [1.29, 1.82) is 0 Å². The van der Waals surface area contributed by atoms with Crippen molar-refractivity contribution in [2.75, 3.05) is 27.3 Å². The number of esters is 2. The number of benzene rings is 2. The maximum atomic E-state index is 12.4. The highest BCUT2D eigenvalue weighted by molar-refractivity contribution is 5.88. The lowest BCUT2D eigenvalue weighted by Crippen LogP contribution is -2.38. The number of fused-ring (bicyclic) bond motifs is 1. The van der Waals surface area contributed by atoms with Crippen molar-refractivity contribution in [1.82, 2.24) is 4.90 Å². The van der Waals surface area contributed by atoms with E-state index >= 15 is 0 Å². The van der Waals surface area contributed by atoms with Gasteiger partial charge in [-0.15, -0.1) is 0 Å². The van der Waals surface area contributed by atoms with Crippen molar-refractivity contribution in [3.63, 3.8) is 0 Å². The van der Waals surface area contributed by atoms with Gasteiger partial charge in [0.15, 0.2) is 6.61 Å². The summed E-state index contributed by atoms with van der Waals surface area (Å²) >= 11 is 0. The van der Waals surface area contributed by atoms with Gasteiger partial charge in [0.1, 0.15) is 17.9 Å². The smallest absolute Gasteiger partial charge is 0.326 e. The molecular weight excluding hydrogens is 386 g/mol. The summed E-state index contributed by atoms with van der Waals surface area (Å²) in [7, 11) is 3.07. The molecule has 2 rings (SSSR count). The second-order valence-corrected chi connectivity index (χ2v) is 8.14. The number of ether oxygens (including phenoxy) is 3. The summed E-state index contributed by atoms with van der Waals surface area (Å²) in [6.45, 7) is 6.32. The first-order chi connectivity index (χ1) is 14.0. The normalized spacial score (nSPS) is 12.2. The number of nitrogens with zero attached hydrogens (tertiary/aromatic N) is 1. The van der Waals surface area contributed by atoms with Gasteiger partial charge in [-0.2, -0.15) is 0 Å². The lowest BCUT2D eigenvalue weighted by atomic mass is 9.98. The van der Waals surface area contributed by atoms with Crippen molar-refractivity contribution < 1.29 is 28.6 Å². The Kier molecular flexibility index (Phi) is 7.43. The van der Waals surface area contributed by atoms with Crippen LogP contribution >= 0.6 is 0 Å². The summed E-state index contributed by atoms with van der Waals surface area (Å²) in [5, 5.41) is 1.97. The van der Waals surface area contributed by atoms with Crippen LogP contribution in [0.4, 0.5) is 0 Å². The summed E-state index contributed by atoms with van der Waals surface area (Å²) < 4.78 is 15.6. The molecule has 2 aromatic carbocycles. The zero-order chi connectivity index (χ0) is 22.5. The molecule has 0 N–H and O–H groups in total. The second-order valence-electron chi connectivity index (χ2n) is 8.14. The summed E-state index contributed by atoms with van der Waals surface area (Å²) in [6.07, 6.45) is 0. The van der Waals surface area contributed by atoms with E-state index in [9.17, 15) is 14.4 Å². The molecule has 7 nitrogen and oxygen atoms in total. The molecule has 0 fully saturated rings. The van der Waals surface area contributed by atoms with E-state index in [0.717, 1.165) is 22.1 Å². The summed E-state index contributed by atoms with van der Waals surface area (Å²) in [4.78, 5) is 37.6. The third kappa shape index (κ3) is 6.47. The molecule has 1 atom stereocenters. The molecule has 0 radical (unpaired) electrons. The van der Waals surface area contributed by atoms with Gasteiger partial charge in [0.05, 0.1) is 13.0 Å². The first-order valence-corrected chi connectivity index (χ1v) is 9.70. The first kappa shape index (κ1) is 23.2. The molecular formula is C23H29NO6. The molecule has 0 aliphatic heterocycles. The Labute approximate surface area is 176 Å². The Morgan fingerprint density at radius 1 is 1.03 bits per heavy atom. The fraction of sp³-hybridized carbons (Fsp3) is 0.435. The molecule has 2 aromatic rings. The minimum absolute atomic E-state index is 0.211. The van der Waals surface area contributed by atoms with E-state index in [2.05, 4.69) is 0 Å². The highest BCUT2D eigenvalue weighted by Gasteiger charge is 2.22. The van der Waals surface area contributed by atoms with Crippen LogP contribution in [0.3, 0.4) is 0 Å². The number of likely N-dealkylation sites (N-methyl/N-ethyl adjacent to an activating group) is 1. The predicted molar refractivity (Wildman–Crippen MR) is 113 cm³/mol. The van der Waals surface area contributed by atoms with Crippen LogP contribution in [0, 0.1) is 0 Å². The molecule has 0 saturated heterocycles. The molecule has 30 heavy (non-hydrogen) atoms. The van der Waals surface area contributed by atoms with Crippen LogP contribution in [0.25, 0.3) is 10.8 Å². The maximum Gasteiger partial charge on any atom is 0.326 e. The molecule has 0 unspecified atom stereocenters. The number of rotatable bonds is 7. The molecule has 1 amide bonds. The Bertz CT molecular complexity index is 931. The van der Waals surface area contributed by atoms with Gasteiger partial charge in [0, 0.05) is 7.05 Å². The number of carbonyl (C=O) groups excluding carboxylic acids is 3. The number of hydrogen-bond donors (Lipinski definition) is 0. The molecule has 0 heterocycles. The van der Waals surface area contributed by atoms with E-state index in [4.69, 9.17) is 14.2 Å². The van der Waals surface area contributed by atoms with Crippen molar-refractivity contribution >= 4 is 28.6 Å². The third-order valence-corrected chi connectivity index (χ3v) is 4.47. The van der Waals surface area contributed by atoms with Crippen LogP contribution in [-0.2, 0) is 23.9 Å². The molecule has 0 spiro atoms. The minimum atomic E-state index is -0.631. The fourth-order valence-corrected chi connectivity index (χ4v) is 2.80. The molecule has 0 aliphatic carbocycles. The molecule has 0 aliphatic rings. The van der Waals surface area contributed by atoms with Crippen LogP contribution in [0.2, 0.25) is 0 Å². The van der Waals surface area contributed by atoms with E-state index in [-0.39, 0.29) is 6.54 Å². The lowest BCUT2D eigenvalue weighted by molar-refractivity contribution is -0.160. The number of amides is 1. The fourth-order valence-electron chi connectivity index (χ4n) is 2.80.